The third-order valence-corrected chi connectivity index (χ3v) is 8.48. The van der Waals surface area contributed by atoms with E-state index >= 15 is 0 Å². The summed E-state index contributed by atoms with van der Waals surface area (Å²) in [6.07, 6.45) is 2.32. The van der Waals surface area contributed by atoms with Gasteiger partial charge in [-0.25, -0.2) is 8.42 Å². The van der Waals surface area contributed by atoms with Gasteiger partial charge in [-0.15, -0.1) is 5.10 Å². The molecule has 10 heteroatoms. The number of phenolic OH excluding ortho intramolecular Hbond substituents is 1. The number of carbonyl (C=O) groups is 1. The number of sulfone groups is 1. The quantitative estimate of drug-likeness (QED) is 0.650. The molecule has 3 N–H and O–H groups in total. The Hall–Kier alpha value is -2.46. The number of aromatic nitrogens is 3. The molecule has 1 heterocycles. The van der Waals surface area contributed by atoms with E-state index in [1.54, 1.807) is 25.3 Å². The molecular weight excluding hydrogens is 396 g/mol. The molecule has 1 aliphatic carbocycles. The van der Waals surface area contributed by atoms with Gasteiger partial charge in [-0.05, 0) is 51.7 Å². The number of para-hydroxylation sites is 1. The van der Waals surface area contributed by atoms with Crippen LogP contribution in [0.3, 0.4) is 0 Å². The van der Waals surface area contributed by atoms with Gasteiger partial charge in [0.15, 0.2) is 15.7 Å². The maximum Gasteiger partial charge on any atom is 0.249 e. The summed E-state index contributed by atoms with van der Waals surface area (Å²) >= 11 is 0. The first kappa shape index (κ1) is 21.3. The maximum atomic E-state index is 13.1. The number of hydrogen-bond acceptors (Lipinski definition) is 7. The van der Waals surface area contributed by atoms with E-state index in [0.717, 1.165) is 0 Å². The largest absolute Gasteiger partial charge is 0.507 e. The molecular formula is C19H26N4O5S. The summed E-state index contributed by atoms with van der Waals surface area (Å²) in [5.41, 5.74) is 0.419. The Labute approximate surface area is 169 Å². The number of aromatic amines is 1. The number of carbonyl (C=O) groups excluding carboxylic acids is 1. The lowest BCUT2D eigenvalue weighted by Gasteiger charge is -2.33. The second kappa shape index (κ2) is 8.11. The van der Waals surface area contributed by atoms with E-state index < -0.39 is 25.7 Å². The molecule has 1 fully saturated rings. The molecule has 0 atom stereocenters. The van der Waals surface area contributed by atoms with E-state index in [0.29, 0.717) is 31.2 Å². The number of benzene rings is 1. The highest BCUT2D eigenvalue weighted by Gasteiger charge is 2.47. The monoisotopic (exact) mass is 422 g/mol. The maximum absolute atomic E-state index is 13.1. The summed E-state index contributed by atoms with van der Waals surface area (Å²) in [6, 6.07) is 6.55. The molecule has 158 valence electrons. The second-order valence-corrected chi connectivity index (χ2v) is 10.4. The number of amides is 1. The van der Waals surface area contributed by atoms with Gasteiger partial charge in [0.2, 0.25) is 11.9 Å². The molecule has 3 rings (SSSR count). The number of phenols is 1. The number of ether oxygens (including phenoxy) is 1. The van der Waals surface area contributed by atoms with Crippen LogP contribution in [-0.2, 0) is 19.4 Å². The number of rotatable bonds is 6. The first-order valence-corrected chi connectivity index (χ1v) is 11.0. The van der Waals surface area contributed by atoms with Crippen LogP contribution in [0.2, 0.25) is 0 Å². The number of hydrogen-bond donors (Lipinski definition) is 3. The van der Waals surface area contributed by atoms with Crippen LogP contribution in [-0.4, -0.2) is 57.8 Å². The Balaban J connectivity index is 1.73. The molecule has 0 bridgehead atoms. The van der Waals surface area contributed by atoms with Crippen LogP contribution in [0.1, 0.15) is 39.5 Å². The summed E-state index contributed by atoms with van der Waals surface area (Å²) in [5.74, 6) is -0.484. The van der Waals surface area contributed by atoms with Gasteiger partial charge in [0.1, 0.15) is 10.5 Å². The lowest BCUT2D eigenvalue weighted by Crippen LogP contribution is -2.50. The minimum Gasteiger partial charge on any atom is -0.507 e. The van der Waals surface area contributed by atoms with Crippen LogP contribution in [0, 0.1) is 0 Å². The number of aromatic hydroxyl groups is 1. The Morgan fingerprint density at radius 2 is 1.90 bits per heavy atom. The van der Waals surface area contributed by atoms with Crippen molar-refractivity contribution >= 4 is 21.7 Å². The van der Waals surface area contributed by atoms with Crippen LogP contribution in [0.15, 0.2) is 24.3 Å². The van der Waals surface area contributed by atoms with Crippen LogP contribution in [0.25, 0.3) is 11.4 Å². The first-order valence-electron chi connectivity index (χ1n) is 9.45. The minimum atomic E-state index is -3.74. The molecule has 0 radical (unpaired) electrons. The van der Waals surface area contributed by atoms with E-state index in [1.165, 1.54) is 19.9 Å². The standard InChI is InChI=1S/C19H26N4O5S/c1-19(2,29(26,27)13-10-8-12(28-3)9-11-13)17(25)21-18-20-16(22-23-18)14-6-4-5-7-15(14)24/h4-7,12-13,24H,8-11H2,1-3H3,(H2,20,21,22,23,25). The first-order chi connectivity index (χ1) is 13.7. The number of nitrogens with zero attached hydrogens (tertiary/aromatic N) is 2. The van der Waals surface area contributed by atoms with Crippen molar-refractivity contribution in [3.63, 3.8) is 0 Å². The molecule has 1 saturated carbocycles. The lowest BCUT2D eigenvalue weighted by molar-refractivity contribution is -0.117. The number of H-pyrrole nitrogens is 1. The fourth-order valence-corrected chi connectivity index (χ4v) is 5.52. The van der Waals surface area contributed by atoms with Crippen LogP contribution >= 0.6 is 0 Å². The zero-order valence-corrected chi connectivity index (χ0v) is 17.5. The molecule has 0 spiro atoms. The number of methoxy groups -OCH3 is 1. The molecule has 9 nitrogen and oxygen atoms in total. The fraction of sp³-hybridized carbons (Fsp3) is 0.526. The SMILES string of the molecule is COC1CCC(S(=O)(=O)C(C)(C)C(=O)Nc2n[nH]c(-c3ccccc3O)n2)CC1. The van der Waals surface area contributed by atoms with Crippen molar-refractivity contribution in [2.24, 2.45) is 0 Å². The predicted octanol–water partition coefficient (Wildman–Crippen LogP) is 2.27. The lowest BCUT2D eigenvalue weighted by atomic mass is 9.97. The van der Waals surface area contributed by atoms with Gasteiger partial charge in [0.25, 0.3) is 0 Å². The van der Waals surface area contributed by atoms with Gasteiger partial charge in [-0.1, -0.05) is 12.1 Å². The summed E-state index contributed by atoms with van der Waals surface area (Å²) in [5, 5.41) is 18.3. The number of nitrogens with one attached hydrogen (secondary N) is 2. The van der Waals surface area contributed by atoms with E-state index in [-0.39, 0.29) is 23.6 Å². The van der Waals surface area contributed by atoms with Crippen LogP contribution < -0.4 is 5.32 Å². The molecule has 0 saturated heterocycles. The topological polar surface area (TPSA) is 134 Å². The second-order valence-electron chi connectivity index (χ2n) is 7.67. The van der Waals surface area contributed by atoms with Gasteiger partial charge in [-0.3, -0.25) is 15.2 Å². The Morgan fingerprint density at radius 1 is 1.24 bits per heavy atom. The molecule has 1 aliphatic rings. The third kappa shape index (κ3) is 4.13. The average molecular weight is 423 g/mol. The Bertz CT molecular complexity index is 978. The highest BCUT2D eigenvalue weighted by atomic mass is 32.2. The highest BCUT2D eigenvalue weighted by Crippen LogP contribution is 2.33. The van der Waals surface area contributed by atoms with Gasteiger partial charge in [-0.2, -0.15) is 4.98 Å². The van der Waals surface area contributed by atoms with Gasteiger partial charge >= 0.3 is 0 Å². The van der Waals surface area contributed by atoms with Gasteiger partial charge in [0.05, 0.1) is 16.9 Å². The van der Waals surface area contributed by atoms with Crippen LogP contribution in [0.4, 0.5) is 5.95 Å². The van der Waals surface area contributed by atoms with Gasteiger partial charge < -0.3 is 9.84 Å². The minimum absolute atomic E-state index is 0.0103. The van der Waals surface area contributed by atoms with E-state index in [9.17, 15) is 18.3 Å². The Morgan fingerprint density at radius 3 is 2.52 bits per heavy atom. The van der Waals surface area contributed by atoms with Gasteiger partial charge in [0, 0.05) is 7.11 Å². The fourth-order valence-electron chi connectivity index (χ4n) is 3.49. The Kier molecular flexibility index (Phi) is 5.95. The molecule has 29 heavy (non-hydrogen) atoms. The molecule has 1 aromatic heterocycles. The van der Waals surface area contributed by atoms with E-state index in [1.807, 2.05) is 0 Å². The molecule has 2 aromatic rings. The van der Waals surface area contributed by atoms with Crippen molar-refractivity contribution in [3.05, 3.63) is 24.3 Å². The third-order valence-electron chi connectivity index (χ3n) is 5.52. The zero-order valence-electron chi connectivity index (χ0n) is 16.7. The van der Waals surface area contributed by atoms with Crippen molar-refractivity contribution in [2.75, 3.05) is 12.4 Å². The highest BCUT2D eigenvalue weighted by molar-refractivity contribution is 7.94. The molecule has 1 amide bonds. The number of anilines is 1. The summed E-state index contributed by atoms with van der Waals surface area (Å²) < 4.78 is 29.9. The summed E-state index contributed by atoms with van der Waals surface area (Å²) in [4.78, 5) is 16.9. The zero-order chi connectivity index (χ0) is 21.2. The van der Waals surface area contributed by atoms with Crippen molar-refractivity contribution in [1.29, 1.82) is 0 Å². The van der Waals surface area contributed by atoms with Crippen molar-refractivity contribution in [1.82, 2.24) is 15.2 Å². The average Bonchev–Trinajstić information content (AvgIpc) is 3.16. The normalized spacial score (nSPS) is 20.4. The predicted molar refractivity (Wildman–Crippen MR) is 108 cm³/mol. The van der Waals surface area contributed by atoms with Crippen molar-refractivity contribution in [3.8, 4) is 17.1 Å². The van der Waals surface area contributed by atoms with Crippen molar-refractivity contribution < 1.29 is 23.1 Å². The van der Waals surface area contributed by atoms with Crippen molar-refractivity contribution in [2.45, 2.75) is 55.6 Å². The molecule has 0 unspecified atom stereocenters. The summed E-state index contributed by atoms with van der Waals surface area (Å²) in [6.45, 7) is 2.80. The van der Waals surface area contributed by atoms with E-state index in [4.69, 9.17) is 4.74 Å². The molecule has 1 aromatic carbocycles. The van der Waals surface area contributed by atoms with E-state index in [2.05, 4.69) is 20.5 Å². The van der Waals surface area contributed by atoms with Crippen LogP contribution in [0.5, 0.6) is 5.75 Å². The summed E-state index contributed by atoms with van der Waals surface area (Å²) in [7, 11) is -2.12. The smallest absolute Gasteiger partial charge is 0.249 e. The molecule has 0 aliphatic heterocycles.